The van der Waals surface area contributed by atoms with Gasteiger partial charge in [-0.2, -0.15) is 0 Å². The number of pyridine rings is 1. The summed E-state index contributed by atoms with van der Waals surface area (Å²) < 4.78 is 6.70. The number of anilines is 1. The molecule has 0 saturated carbocycles. The van der Waals surface area contributed by atoms with Gasteiger partial charge in [0.2, 0.25) is 0 Å². The standard InChI is InChI=1S/C19H17BrN2O2S/c1-12-5-13(2)7-16(6-12)24-10-14-8-17(25-11-14)19(23)22-18-4-3-15(20)9-21-18/h3-9,11H,10H2,1-2H3,(H,21,22,23). The molecule has 25 heavy (non-hydrogen) atoms. The van der Waals surface area contributed by atoms with Gasteiger partial charge in [-0.05, 0) is 76.6 Å². The maximum atomic E-state index is 12.3. The smallest absolute Gasteiger partial charge is 0.266 e. The summed E-state index contributed by atoms with van der Waals surface area (Å²) in [6.07, 6.45) is 1.65. The van der Waals surface area contributed by atoms with E-state index in [0.29, 0.717) is 17.3 Å². The Morgan fingerprint density at radius 3 is 2.64 bits per heavy atom. The van der Waals surface area contributed by atoms with Crippen LogP contribution in [0.15, 0.2) is 52.4 Å². The van der Waals surface area contributed by atoms with Crippen LogP contribution in [0.2, 0.25) is 0 Å². The Labute approximate surface area is 159 Å². The molecule has 3 aromatic rings. The molecule has 3 rings (SSSR count). The molecule has 0 aliphatic rings. The van der Waals surface area contributed by atoms with E-state index in [-0.39, 0.29) is 5.91 Å². The van der Waals surface area contributed by atoms with Crippen molar-refractivity contribution in [2.75, 3.05) is 5.32 Å². The van der Waals surface area contributed by atoms with E-state index in [2.05, 4.69) is 32.3 Å². The van der Waals surface area contributed by atoms with E-state index in [1.165, 1.54) is 22.5 Å². The number of hydrogen-bond acceptors (Lipinski definition) is 4. The lowest BCUT2D eigenvalue weighted by Gasteiger charge is -2.07. The van der Waals surface area contributed by atoms with Crippen LogP contribution >= 0.6 is 27.3 Å². The second-order valence-corrected chi connectivity index (χ2v) is 7.57. The molecule has 0 radical (unpaired) electrons. The van der Waals surface area contributed by atoms with E-state index in [4.69, 9.17) is 4.74 Å². The minimum atomic E-state index is -0.169. The SMILES string of the molecule is Cc1cc(C)cc(OCc2csc(C(=O)Nc3ccc(Br)cn3)c2)c1. The molecule has 1 aromatic carbocycles. The second-order valence-electron chi connectivity index (χ2n) is 5.75. The van der Waals surface area contributed by atoms with Gasteiger partial charge in [-0.25, -0.2) is 4.98 Å². The Morgan fingerprint density at radius 2 is 1.96 bits per heavy atom. The van der Waals surface area contributed by atoms with Crippen LogP contribution in [0.4, 0.5) is 5.82 Å². The summed E-state index contributed by atoms with van der Waals surface area (Å²) in [5.74, 6) is 1.20. The molecule has 1 amide bonds. The number of carbonyl (C=O) groups excluding carboxylic acids is 1. The number of thiophene rings is 1. The van der Waals surface area contributed by atoms with Crippen LogP contribution in [-0.4, -0.2) is 10.9 Å². The predicted molar refractivity (Wildman–Crippen MR) is 104 cm³/mol. The van der Waals surface area contributed by atoms with Gasteiger partial charge in [0.1, 0.15) is 18.2 Å². The van der Waals surface area contributed by atoms with Crippen LogP contribution in [0.25, 0.3) is 0 Å². The van der Waals surface area contributed by atoms with Gasteiger partial charge in [0.25, 0.3) is 5.91 Å². The largest absolute Gasteiger partial charge is 0.489 e. The lowest BCUT2D eigenvalue weighted by molar-refractivity contribution is 0.103. The predicted octanol–water partition coefficient (Wildman–Crippen LogP) is 5.35. The highest BCUT2D eigenvalue weighted by atomic mass is 79.9. The Kier molecular flexibility index (Phi) is 5.50. The first-order valence-electron chi connectivity index (χ1n) is 7.71. The van der Waals surface area contributed by atoms with Crippen molar-refractivity contribution in [3.63, 3.8) is 0 Å². The molecule has 0 fully saturated rings. The average molecular weight is 417 g/mol. The summed E-state index contributed by atoms with van der Waals surface area (Å²) in [6.45, 7) is 4.52. The van der Waals surface area contributed by atoms with Gasteiger partial charge in [0.15, 0.2) is 0 Å². The highest BCUT2D eigenvalue weighted by Crippen LogP contribution is 2.21. The van der Waals surface area contributed by atoms with Crippen molar-refractivity contribution in [3.8, 4) is 5.75 Å². The van der Waals surface area contributed by atoms with Crippen molar-refractivity contribution >= 4 is 39.0 Å². The molecule has 1 N–H and O–H groups in total. The first kappa shape index (κ1) is 17.6. The van der Waals surface area contributed by atoms with Crippen LogP contribution in [0, 0.1) is 13.8 Å². The zero-order valence-electron chi connectivity index (χ0n) is 13.9. The number of benzene rings is 1. The van der Waals surface area contributed by atoms with Crippen LogP contribution < -0.4 is 10.1 Å². The number of nitrogens with one attached hydrogen (secondary N) is 1. The summed E-state index contributed by atoms with van der Waals surface area (Å²) in [5, 5.41) is 4.72. The highest BCUT2D eigenvalue weighted by Gasteiger charge is 2.10. The number of aromatic nitrogens is 1. The van der Waals surface area contributed by atoms with E-state index < -0.39 is 0 Å². The van der Waals surface area contributed by atoms with Gasteiger partial charge in [-0.1, -0.05) is 6.07 Å². The fraction of sp³-hybridized carbons (Fsp3) is 0.158. The number of ether oxygens (including phenoxy) is 1. The highest BCUT2D eigenvalue weighted by molar-refractivity contribution is 9.10. The Bertz CT molecular complexity index is 870. The zero-order chi connectivity index (χ0) is 17.8. The number of halogens is 1. The van der Waals surface area contributed by atoms with E-state index in [1.54, 1.807) is 12.3 Å². The van der Waals surface area contributed by atoms with Gasteiger partial charge in [0, 0.05) is 16.2 Å². The van der Waals surface area contributed by atoms with Crippen molar-refractivity contribution < 1.29 is 9.53 Å². The minimum absolute atomic E-state index is 0.169. The zero-order valence-corrected chi connectivity index (χ0v) is 16.3. The molecule has 2 heterocycles. The molecule has 0 saturated heterocycles. The Balaban J connectivity index is 1.61. The Morgan fingerprint density at radius 1 is 1.20 bits per heavy atom. The number of rotatable bonds is 5. The average Bonchev–Trinajstić information content (AvgIpc) is 3.03. The monoisotopic (exact) mass is 416 g/mol. The van der Waals surface area contributed by atoms with Crippen molar-refractivity contribution in [2.24, 2.45) is 0 Å². The first-order valence-corrected chi connectivity index (χ1v) is 9.38. The summed E-state index contributed by atoms with van der Waals surface area (Å²) in [7, 11) is 0. The first-order chi connectivity index (χ1) is 12.0. The molecule has 128 valence electrons. The van der Waals surface area contributed by atoms with E-state index in [0.717, 1.165) is 15.8 Å². The maximum absolute atomic E-state index is 12.3. The van der Waals surface area contributed by atoms with Gasteiger partial charge in [-0.3, -0.25) is 4.79 Å². The van der Waals surface area contributed by atoms with E-state index in [1.807, 2.05) is 43.5 Å². The second kappa shape index (κ2) is 7.80. The minimum Gasteiger partial charge on any atom is -0.489 e. The van der Waals surface area contributed by atoms with Crippen LogP contribution in [0.5, 0.6) is 5.75 Å². The topological polar surface area (TPSA) is 51.2 Å². The maximum Gasteiger partial charge on any atom is 0.266 e. The molecule has 0 atom stereocenters. The molecular weight excluding hydrogens is 400 g/mol. The number of carbonyl (C=O) groups is 1. The van der Waals surface area contributed by atoms with E-state index in [9.17, 15) is 4.79 Å². The molecule has 0 spiro atoms. The summed E-state index contributed by atoms with van der Waals surface area (Å²) >= 11 is 4.71. The van der Waals surface area contributed by atoms with Crippen LogP contribution in [-0.2, 0) is 6.61 Å². The molecule has 4 nitrogen and oxygen atoms in total. The van der Waals surface area contributed by atoms with Crippen LogP contribution in [0.1, 0.15) is 26.4 Å². The fourth-order valence-electron chi connectivity index (χ4n) is 2.38. The van der Waals surface area contributed by atoms with Crippen LogP contribution in [0.3, 0.4) is 0 Å². The van der Waals surface area contributed by atoms with Gasteiger partial charge >= 0.3 is 0 Å². The van der Waals surface area contributed by atoms with Crippen molar-refractivity contribution in [2.45, 2.75) is 20.5 Å². The third-order valence-corrected chi connectivity index (χ3v) is 4.89. The van der Waals surface area contributed by atoms with E-state index >= 15 is 0 Å². The normalized spacial score (nSPS) is 10.5. The number of aryl methyl sites for hydroxylation is 2. The third kappa shape index (κ3) is 4.90. The lowest BCUT2D eigenvalue weighted by atomic mass is 10.1. The van der Waals surface area contributed by atoms with Gasteiger partial charge < -0.3 is 10.1 Å². The Hall–Kier alpha value is -2.18. The number of hydrogen-bond donors (Lipinski definition) is 1. The molecule has 0 bridgehead atoms. The molecule has 0 aliphatic heterocycles. The van der Waals surface area contributed by atoms with Crippen molar-refractivity contribution in [3.05, 3.63) is 74.0 Å². The van der Waals surface area contributed by atoms with Gasteiger partial charge in [0.05, 0.1) is 4.88 Å². The van der Waals surface area contributed by atoms with Gasteiger partial charge in [-0.15, -0.1) is 11.3 Å². The number of nitrogens with zero attached hydrogens (tertiary/aromatic N) is 1. The molecule has 6 heteroatoms. The number of amides is 1. The van der Waals surface area contributed by atoms with Crippen molar-refractivity contribution in [1.82, 2.24) is 4.98 Å². The third-order valence-electron chi connectivity index (χ3n) is 3.45. The molecular formula is C19H17BrN2O2S. The quantitative estimate of drug-likeness (QED) is 0.609. The molecule has 2 aromatic heterocycles. The summed E-state index contributed by atoms with van der Waals surface area (Å²) in [5.41, 5.74) is 3.31. The molecule has 0 unspecified atom stereocenters. The summed E-state index contributed by atoms with van der Waals surface area (Å²) in [6, 6.07) is 11.6. The fourth-order valence-corrected chi connectivity index (χ4v) is 3.41. The molecule has 0 aliphatic carbocycles. The summed E-state index contributed by atoms with van der Waals surface area (Å²) in [4.78, 5) is 17.1. The lowest BCUT2D eigenvalue weighted by Crippen LogP contribution is -2.11. The van der Waals surface area contributed by atoms with Crippen molar-refractivity contribution in [1.29, 1.82) is 0 Å².